The quantitative estimate of drug-likeness (QED) is 0.0441. The van der Waals surface area contributed by atoms with Crippen LogP contribution in [-0.4, -0.2) is 35.9 Å². The van der Waals surface area contributed by atoms with E-state index in [0.29, 0.717) is 47.2 Å². The molecule has 2 N–H and O–H groups in total. The molecule has 0 bridgehead atoms. The van der Waals surface area contributed by atoms with Crippen molar-refractivity contribution in [2.75, 3.05) is 13.2 Å². The van der Waals surface area contributed by atoms with E-state index in [1.54, 1.807) is 24.6 Å². The largest absolute Gasteiger partial charge is 0.507 e. The summed E-state index contributed by atoms with van der Waals surface area (Å²) in [4.78, 5) is 9.28. The molecule has 0 fully saturated rings. The van der Waals surface area contributed by atoms with Crippen molar-refractivity contribution < 1.29 is 19.7 Å². The number of nitrogens with zero attached hydrogens (tertiary/aromatic N) is 2. The van der Waals surface area contributed by atoms with Crippen molar-refractivity contribution >= 4 is 23.8 Å². The van der Waals surface area contributed by atoms with Crippen LogP contribution in [0.2, 0.25) is 0 Å². The normalized spacial score (nSPS) is 11.6. The van der Waals surface area contributed by atoms with Crippen LogP contribution in [0.3, 0.4) is 0 Å². The van der Waals surface area contributed by atoms with Crippen LogP contribution in [0.4, 0.5) is 11.4 Å². The number of hydrogen-bond acceptors (Lipinski definition) is 6. The van der Waals surface area contributed by atoms with Crippen molar-refractivity contribution in [2.24, 2.45) is 9.98 Å². The van der Waals surface area contributed by atoms with Gasteiger partial charge in [0.1, 0.15) is 23.0 Å². The van der Waals surface area contributed by atoms with Crippen LogP contribution in [0.5, 0.6) is 23.0 Å². The van der Waals surface area contributed by atoms with Gasteiger partial charge in [0.15, 0.2) is 0 Å². The first-order valence-corrected chi connectivity index (χ1v) is 25.7. The molecular weight excluding hydrogens is 765 g/mol. The number of ether oxygens (including phenoxy) is 2. The Morgan fingerprint density at radius 3 is 0.919 bits per heavy atom. The van der Waals surface area contributed by atoms with Gasteiger partial charge in [0.2, 0.25) is 0 Å². The molecule has 3 aromatic rings. The van der Waals surface area contributed by atoms with E-state index in [0.717, 1.165) is 12.8 Å². The second-order valence-electron chi connectivity index (χ2n) is 17.7. The van der Waals surface area contributed by atoms with Crippen LogP contribution >= 0.6 is 0 Å². The SMILES string of the molecule is CCCCCCCCCCCCCCCCCCOc1ccc(C=Nc2ccccc2N=Cc2ccc(OCCCCCCCCCCCCCCCCCC)cc2O)c(O)c1. The number of unbranched alkanes of at least 4 members (excludes halogenated alkanes) is 30. The van der Waals surface area contributed by atoms with Crippen molar-refractivity contribution in [2.45, 2.75) is 219 Å². The maximum atomic E-state index is 10.7. The van der Waals surface area contributed by atoms with E-state index in [1.165, 1.54) is 193 Å². The van der Waals surface area contributed by atoms with Crippen LogP contribution in [0, 0.1) is 0 Å². The van der Waals surface area contributed by atoms with Crippen molar-refractivity contribution in [1.82, 2.24) is 0 Å². The summed E-state index contributed by atoms with van der Waals surface area (Å²) in [7, 11) is 0. The summed E-state index contributed by atoms with van der Waals surface area (Å²) in [5.41, 5.74) is 2.52. The summed E-state index contributed by atoms with van der Waals surface area (Å²) >= 11 is 0. The van der Waals surface area contributed by atoms with Gasteiger partial charge in [0.05, 0.1) is 24.6 Å². The number of aliphatic imine (C=N–C) groups is 2. The van der Waals surface area contributed by atoms with Gasteiger partial charge in [-0.1, -0.05) is 219 Å². The predicted octanol–water partition coefficient (Wildman–Crippen LogP) is 17.9. The third kappa shape index (κ3) is 26.0. The molecule has 0 aliphatic rings. The average Bonchev–Trinajstić information content (AvgIpc) is 3.28. The van der Waals surface area contributed by atoms with Crippen LogP contribution in [0.15, 0.2) is 70.6 Å². The van der Waals surface area contributed by atoms with Gasteiger partial charge in [0, 0.05) is 35.7 Å². The Bertz CT molecular complexity index is 1470. The Morgan fingerprint density at radius 2 is 0.645 bits per heavy atom. The number of hydrogen-bond donors (Lipinski definition) is 2. The Labute approximate surface area is 379 Å². The first-order chi connectivity index (χ1) is 30.6. The lowest BCUT2D eigenvalue weighted by molar-refractivity contribution is 0.302. The molecule has 0 atom stereocenters. The molecule has 346 valence electrons. The molecule has 0 aromatic heterocycles. The van der Waals surface area contributed by atoms with Crippen LogP contribution in [0.25, 0.3) is 0 Å². The topological polar surface area (TPSA) is 83.6 Å². The van der Waals surface area contributed by atoms with E-state index in [-0.39, 0.29) is 11.5 Å². The molecule has 0 heterocycles. The summed E-state index contributed by atoms with van der Waals surface area (Å²) in [6, 6.07) is 18.3. The minimum atomic E-state index is 0.126. The Morgan fingerprint density at radius 1 is 0.371 bits per heavy atom. The number of benzene rings is 3. The standard InChI is InChI=1S/C56H88N2O4/c1-3-5-7-9-11-13-15-17-19-21-23-25-27-29-31-35-43-61-51-41-39-49(55(59)45-51)47-57-53-37-33-34-38-54(53)58-48-50-40-42-52(46-56(50)60)62-44-36-32-30-28-26-24-22-20-18-16-14-12-10-8-6-4-2/h33-34,37-42,45-48,59-60H,3-32,35-36,43-44H2,1-2H3. The average molecular weight is 853 g/mol. The molecule has 0 aliphatic heterocycles. The first kappa shape index (κ1) is 52.5. The molecule has 0 aliphatic carbocycles. The molecule has 0 unspecified atom stereocenters. The molecule has 3 rings (SSSR count). The van der Waals surface area contributed by atoms with E-state index in [2.05, 4.69) is 23.8 Å². The Kier molecular flexibility index (Phi) is 31.1. The van der Waals surface area contributed by atoms with Gasteiger partial charge in [-0.3, -0.25) is 9.98 Å². The number of phenolic OH excluding ortho intramolecular Hbond substituents is 2. The van der Waals surface area contributed by atoms with E-state index >= 15 is 0 Å². The zero-order chi connectivity index (χ0) is 44.0. The molecule has 0 spiro atoms. The molecule has 0 saturated heterocycles. The van der Waals surface area contributed by atoms with Gasteiger partial charge in [-0.25, -0.2) is 0 Å². The van der Waals surface area contributed by atoms with Gasteiger partial charge < -0.3 is 19.7 Å². The summed E-state index contributed by atoms with van der Waals surface area (Å²) in [5, 5.41) is 21.4. The monoisotopic (exact) mass is 853 g/mol. The summed E-state index contributed by atoms with van der Waals surface area (Å²) in [6.45, 7) is 5.88. The van der Waals surface area contributed by atoms with E-state index < -0.39 is 0 Å². The third-order valence-corrected chi connectivity index (χ3v) is 12.1. The Hall–Kier alpha value is -3.80. The van der Waals surface area contributed by atoms with Crippen LogP contribution < -0.4 is 9.47 Å². The highest BCUT2D eigenvalue weighted by Gasteiger charge is 2.06. The van der Waals surface area contributed by atoms with Crippen LogP contribution in [-0.2, 0) is 0 Å². The lowest BCUT2D eigenvalue weighted by atomic mass is 10.0. The third-order valence-electron chi connectivity index (χ3n) is 12.1. The second-order valence-corrected chi connectivity index (χ2v) is 17.7. The first-order valence-electron chi connectivity index (χ1n) is 25.7. The number of rotatable bonds is 40. The number of aromatic hydroxyl groups is 2. The molecule has 62 heavy (non-hydrogen) atoms. The van der Waals surface area contributed by atoms with E-state index in [1.807, 2.05) is 48.5 Å². The minimum absolute atomic E-state index is 0.126. The van der Waals surface area contributed by atoms with Gasteiger partial charge in [-0.2, -0.15) is 0 Å². The van der Waals surface area contributed by atoms with Gasteiger partial charge in [-0.05, 0) is 49.2 Å². The summed E-state index contributed by atoms with van der Waals surface area (Å²) in [6.07, 6.45) is 46.4. The molecule has 0 saturated carbocycles. The molecule has 3 aromatic carbocycles. The van der Waals surface area contributed by atoms with E-state index in [9.17, 15) is 10.2 Å². The number of para-hydroxylation sites is 2. The predicted molar refractivity (Wildman–Crippen MR) is 267 cm³/mol. The lowest BCUT2D eigenvalue weighted by Crippen LogP contribution is -1.97. The minimum Gasteiger partial charge on any atom is -0.507 e. The fourth-order valence-corrected chi connectivity index (χ4v) is 8.09. The van der Waals surface area contributed by atoms with Crippen LogP contribution in [0.1, 0.15) is 230 Å². The van der Waals surface area contributed by atoms with Crippen molar-refractivity contribution in [3.8, 4) is 23.0 Å². The molecule has 0 radical (unpaired) electrons. The molecular formula is C56H88N2O4. The van der Waals surface area contributed by atoms with Gasteiger partial charge in [0.25, 0.3) is 0 Å². The molecule has 6 nitrogen and oxygen atoms in total. The van der Waals surface area contributed by atoms with E-state index in [4.69, 9.17) is 9.47 Å². The maximum absolute atomic E-state index is 10.7. The highest BCUT2D eigenvalue weighted by atomic mass is 16.5. The zero-order valence-corrected chi connectivity index (χ0v) is 39.6. The smallest absolute Gasteiger partial charge is 0.128 e. The van der Waals surface area contributed by atoms with Crippen molar-refractivity contribution in [3.63, 3.8) is 0 Å². The molecule has 6 heteroatoms. The fraction of sp³-hybridized carbons (Fsp3) is 0.643. The van der Waals surface area contributed by atoms with Gasteiger partial charge in [-0.15, -0.1) is 0 Å². The highest BCUT2D eigenvalue weighted by molar-refractivity contribution is 5.89. The lowest BCUT2D eigenvalue weighted by Gasteiger charge is -2.08. The second kappa shape index (κ2) is 36.7. The maximum Gasteiger partial charge on any atom is 0.128 e. The Balaban J connectivity index is 1.25. The number of phenols is 2. The van der Waals surface area contributed by atoms with Gasteiger partial charge >= 0.3 is 0 Å². The zero-order valence-electron chi connectivity index (χ0n) is 39.6. The fourth-order valence-electron chi connectivity index (χ4n) is 8.09. The highest BCUT2D eigenvalue weighted by Crippen LogP contribution is 2.30. The molecule has 0 amide bonds. The summed E-state index contributed by atoms with van der Waals surface area (Å²) in [5.74, 6) is 1.59. The summed E-state index contributed by atoms with van der Waals surface area (Å²) < 4.78 is 11.9. The van der Waals surface area contributed by atoms with Crippen molar-refractivity contribution in [1.29, 1.82) is 0 Å². The van der Waals surface area contributed by atoms with Crippen molar-refractivity contribution in [3.05, 3.63) is 71.8 Å².